The van der Waals surface area contributed by atoms with Gasteiger partial charge in [-0.25, -0.2) is 9.67 Å². The second-order valence-corrected chi connectivity index (χ2v) is 6.85. The molecule has 4 aromatic rings. The standard InChI is InChI=1S/C21H20N6O2/c1-13(2)19-16(12-24-27(19)18-9-5-6-10-22-18)21(29)26-25-20(28)15-11-23-17-8-4-3-7-14(15)17/h3-13,23H,1-2H3,(H,25,28)(H,26,29). The van der Waals surface area contributed by atoms with Gasteiger partial charge in [-0.2, -0.15) is 5.10 Å². The maximum Gasteiger partial charge on any atom is 0.273 e. The molecule has 146 valence electrons. The molecule has 0 saturated carbocycles. The van der Waals surface area contributed by atoms with Crippen LogP contribution in [-0.2, 0) is 0 Å². The molecule has 8 nitrogen and oxygen atoms in total. The van der Waals surface area contributed by atoms with Gasteiger partial charge < -0.3 is 4.98 Å². The molecule has 2 amide bonds. The average molecular weight is 388 g/mol. The van der Waals surface area contributed by atoms with Crippen LogP contribution in [0.15, 0.2) is 61.1 Å². The number of fused-ring (bicyclic) bond motifs is 1. The van der Waals surface area contributed by atoms with Gasteiger partial charge in [0, 0.05) is 23.3 Å². The number of nitrogens with one attached hydrogen (secondary N) is 3. The molecule has 8 heteroatoms. The molecule has 1 aromatic carbocycles. The quantitative estimate of drug-likeness (QED) is 0.468. The maximum atomic E-state index is 12.7. The van der Waals surface area contributed by atoms with Crippen LogP contribution in [-0.4, -0.2) is 31.6 Å². The van der Waals surface area contributed by atoms with Crippen LogP contribution < -0.4 is 10.9 Å². The molecule has 0 aliphatic carbocycles. The Morgan fingerprint density at radius 3 is 2.45 bits per heavy atom. The monoisotopic (exact) mass is 388 g/mol. The lowest BCUT2D eigenvalue weighted by Crippen LogP contribution is -2.41. The van der Waals surface area contributed by atoms with Crippen molar-refractivity contribution in [2.75, 3.05) is 0 Å². The fourth-order valence-corrected chi connectivity index (χ4v) is 3.26. The van der Waals surface area contributed by atoms with E-state index in [2.05, 4.69) is 25.9 Å². The molecule has 0 bridgehead atoms. The van der Waals surface area contributed by atoms with Crippen LogP contribution in [0.3, 0.4) is 0 Å². The number of hydrogen-bond donors (Lipinski definition) is 3. The first kappa shape index (κ1) is 18.4. The van der Waals surface area contributed by atoms with Crippen LogP contribution in [0.1, 0.15) is 46.2 Å². The largest absolute Gasteiger partial charge is 0.360 e. The molecule has 0 aliphatic heterocycles. The van der Waals surface area contributed by atoms with E-state index in [-0.39, 0.29) is 5.92 Å². The molecule has 4 rings (SSSR count). The number of nitrogens with zero attached hydrogens (tertiary/aromatic N) is 3. The van der Waals surface area contributed by atoms with Gasteiger partial charge in [0.25, 0.3) is 11.8 Å². The average Bonchev–Trinajstić information content (AvgIpc) is 3.37. The van der Waals surface area contributed by atoms with Gasteiger partial charge in [-0.3, -0.25) is 20.4 Å². The third-order valence-electron chi connectivity index (χ3n) is 4.59. The number of pyridine rings is 1. The van der Waals surface area contributed by atoms with E-state index in [9.17, 15) is 9.59 Å². The number of aromatic amines is 1. The summed E-state index contributed by atoms with van der Waals surface area (Å²) in [5, 5.41) is 5.10. The zero-order chi connectivity index (χ0) is 20.4. The minimum atomic E-state index is -0.441. The van der Waals surface area contributed by atoms with Crippen LogP contribution in [0.5, 0.6) is 0 Å². The number of aromatic nitrogens is 4. The number of amides is 2. The Morgan fingerprint density at radius 1 is 1.00 bits per heavy atom. The predicted octanol–water partition coefficient (Wildman–Crippen LogP) is 2.95. The lowest BCUT2D eigenvalue weighted by molar-refractivity contribution is 0.0847. The fourth-order valence-electron chi connectivity index (χ4n) is 3.26. The smallest absolute Gasteiger partial charge is 0.273 e. The van der Waals surface area contributed by atoms with E-state index in [1.165, 1.54) is 6.20 Å². The van der Waals surface area contributed by atoms with E-state index >= 15 is 0 Å². The van der Waals surface area contributed by atoms with Crippen LogP contribution in [0, 0.1) is 0 Å². The van der Waals surface area contributed by atoms with Crippen molar-refractivity contribution < 1.29 is 9.59 Å². The number of H-pyrrole nitrogens is 1. The molecule has 0 unspecified atom stereocenters. The van der Waals surface area contributed by atoms with Crippen molar-refractivity contribution in [1.29, 1.82) is 0 Å². The highest BCUT2D eigenvalue weighted by Crippen LogP contribution is 2.22. The molecule has 3 N–H and O–H groups in total. The molecular formula is C21H20N6O2. The summed E-state index contributed by atoms with van der Waals surface area (Å²) >= 11 is 0. The van der Waals surface area contributed by atoms with Crippen LogP contribution in [0.2, 0.25) is 0 Å². The van der Waals surface area contributed by atoms with Crippen molar-refractivity contribution in [3.63, 3.8) is 0 Å². The summed E-state index contributed by atoms with van der Waals surface area (Å²) in [4.78, 5) is 32.6. The number of hydrazine groups is 1. The molecular weight excluding hydrogens is 368 g/mol. The lowest BCUT2D eigenvalue weighted by Gasteiger charge is -2.12. The van der Waals surface area contributed by atoms with E-state index in [1.807, 2.05) is 56.3 Å². The van der Waals surface area contributed by atoms with Gasteiger partial charge in [0.1, 0.15) is 0 Å². The highest BCUT2D eigenvalue weighted by molar-refractivity contribution is 6.07. The van der Waals surface area contributed by atoms with E-state index in [4.69, 9.17) is 0 Å². The van der Waals surface area contributed by atoms with Crippen LogP contribution in [0.4, 0.5) is 0 Å². The molecule has 3 heterocycles. The van der Waals surface area contributed by atoms with Crippen molar-refractivity contribution in [3.05, 3.63) is 77.9 Å². The number of carbonyl (C=O) groups is 2. The molecule has 0 aliphatic rings. The first-order valence-electron chi connectivity index (χ1n) is 9.22. The second-order valence-electron chi connectivity index (χ2n) is 6.85. The van der Waals surface area contributed by atoms with Crippen molar-refractivity contribution in [1.82, 2.24) is 30.6 Å². The molecule has 0 spiro atoms. The minimum Gasteiger partial charge on any atom is -0.360 e. The summed E-state index contributed by atoms with van der Waals surface area (Å²) in [7, 11) is 0. The Bertz CT molecular complexity index is 1180. The van der Waals surface area contributed by atoms with Gasteiger partial charge in [0.2, 0.25) is 0 Å². The lowest BCUT2D eigenvalue weighted by atomic mass is 10.1. The van der Waals surface area contributed by atoms with Gasteiger partial charge in [-0.1, -0.05) is 38.1 Å². The summed E-state index contributed by atoms with van der Waals surface area (Å²) < 4.78 is 1.64. The van der Waals surface area contributed by atoms with E-state index in [1.54, 1.807) is 17.1 Å². The van der Waals surface area contributed by atoms with Crippen LogP contribution >= 0.6 is 0 Å². The Hall–Kier alpha value is -3.94. The molecule has 29 heavy (non-hydrogen) atoms. The number of rotatable bonds is 4. The van der Waals surface area contributed by atoms with Crippen molar-refractivity contribution in [2.45, 2.75) is 19.8 Å². The summed E-state index contributed by atoms with van der Waals surface area (Å²) in [5.74, 6) is -0.203. The second kappa shape index (κ2) is 7.59. The first-order valence-corrected chi connectivity index (χ1v) is 9.22. The molecule has 0 saturated heterocycles. The Kier molecular flexibility index (Phi) is 4.82. The highest BCUT2D eigenvalue weighted by Gasteiger charge is 2.22. The third-order valence-corrected chi connectivity index (χ3v) is 4.59. The van der Waals surface area contributed by atoms with Gasteiger partial charge in [-0.15, -0.1) is 0 Å². The molecule has 0 radical (unpaired) electrons. The van der Waals surface area contributed by atoms with E-state index in [0.717, 1.165) is 10.9 Å². The summed E-state index contributed by atoms with van der Waals surface area (Å²) in [5.41, 5.74) is 7.36. The number of benzene rings is 1. The van der Waals surface area contributed by atoms with Crippen molar-refractivity contribution in [3.8, 4) is 5.82 Å². The third kappa shape index (κ3) is 3.47. The maximum absolute atomic E-state index is 12.7. The number of para-hydroxylation sites is 1. The number of carbonyl (C=O) groups excluding carboxylic acids is 2. The topological polar surface area (TPSA) is 105 Å². The van der Waals surface area contributed by atoms with Gasteiger partial charge >= 0.3 is 0 Å². The zero-order valence-corrected chi connectivity index (χ0v) is 16.0. The van der Waals surface area contributed by atoms with Gasteiger partial charge in [0.05, 0.1) is 23.0 Å². The molecule has 0 atom stereocenters. The SMILES string of the molecule is CC(C)c1c(C(=O)NNC(=O)c2c[nH]c3ccccc23)cnn1-c1ccccn1. The normalized spacial score (nSPS) is 11.0. The van der Waals surface area contributed by atoms with Crippen LogP contribution in [0.25, 0.3) is 16.7 Å². The first-order chi connectivity index (χ1) is 14.1. The number of hydrogen-bond acceptors (Lipinski definition) is 4. The molecule has 3 aromatic heterocycles. The minimum absolute atomic E-state index is 0.0181. The Labute approximate surface area is 166 Å². The molecule has 0 fully saturated rings. The van der Waals surface area contributed by atoms with Crippen molar-refractivity contribution in [2.24, 2.45) is 0 Å². The summed E-state index contributed by atoms with van der Waals surface area (Å²) in [6.07, 6.45) is 4.77. The Morgan fingerprint density at radius 2 is 1.72 bits per heavy atom. The van der Waals surface area contributed by atoms with Crippen molar-refractivity contribution >= 4 is 22.7 Å². The van der Waals surface area contributed by atoms with Gasteiger partial charge in [0.15, 0.2) is 5.82 Å². The zero-order valence-electron chi connectivity index (χ0n) is 16.0. The Balaban J connectivity index is 1.54. The summed E-state index contributed by atoms with van der Waals surface area (Å²) in [6.45, 7) is 3.94. The predicted molar refractivity (Wildman–Crippen MR) is 109 cm³/mol. The fraction of sp³-hybridized carbons (Fsp3) is 0.143. The summed E-state index contributed by atoms with van der Waals surface area (Å²) in [6, 6.07) is 13.0. The van der Waals surface area contributed by atoms with Gasteiger partial charge in [-0.05, 0) is 24.1 Å². The highest BCUT2D eigenvalue weighted by atomic mass is 16.2. The van der Waals surface area contributed by atoms with E-state index in [0.29, 0.717) is 22.6 Å². The van der Waals surface area contributed by atoms with E-state index < -0.39 is 11.8 Å².